The van der Waals surface area contributed by atoms with Crippen molar-refractivity contribution >= 4 is 21.9 Å². The fraction of sp³-hybridized carbons (Fsp3) is 0.400. The Hall–Kier alpha value is -2.98. The van der Waals surface area contributed by atoms with E-state index in [1.54, 1.807) is 12.1 Å². The van der Waals surface area contributed by atoms with Crippen LogP contribution in [0.15, 0.2) is 36.4 Å². The van der Waals surface area contributed by atoms with Crippen LogP contribution in [0.3, 0.4) is 0 Å². The van der Waals surface area contributed by atoms with Gasteiger partial charge in [-0.3, -0.25) is 0 Å². The number of halogens is 5. The number of alkyl halides is 3. The van der Waals surface area contributed by atoms with Gasteiger partial charge in [0, 0.05) is 48.6 Å². The van der Waals surface area contributed by atoms with Crippen molar-refractivity contribution in [2.24, 2.45) is 0 Å². The van der Waals surface area contributed by atoms with Crippen LogP contribution in [0, 0.1) is 11.6 Å². The topological polar surface area (TPSA) is 57.7 Å². The largest absolute Gasteiger partial charge is 0.352 e. The molecule has 0 aliphatic carbocycles. The van der Waals surface area contributed by atoms with E-state index in [0.29, 0.717) is 46.4 Å². The summed E-state index contributed by atoms with van der Waals surface area (Å²) in [6.45, 7) is 0.264. The zero-order chi connectivity index (χ0) is 24.3. The van der Waals surface area contributed by atoms with Gasteiger partial charge in [-0.2, -0.15) is 0 Å². The first-order valence-corrected chi connectivity index (χ1v) is 11.7. The van der Waals surface area contributed by atoms with E-state index in [1.807, 2.05) is 4.57 Å². The molecule has 0 saturated carbocycles. The summed E-state index contributed by atoms with van der Waals surface area (Å²) < 4.78 is 71.7. The predicted molar refractivity (Wildman–Crippen MR) is 123 cm³/mol. The fourth-order valence-electron chi connectivity index (χ4n) is 5.43. The summed E-state index contributed by atoms with van der Waals surface area (Å²) in [4.78, 5) is 7.93. The molecule has 0 spiro atoms. The summed E-state index contributed by atoms with van der Waals surface area (Å²) >= 11 is 0. The van der Waals surface area contributed by atoms with Crippen molar-refractivity contribution in [2.75, 3.05) is 13.1 Å². The molecule has 4 heterocycles. The number of aromatic nitrogens is 3. The van der Waals surface area contributed by atoms with E-state index >= 15 is 0 Å². The van der Waals surface area contributed by atoms with Gasteiger partial charge in [-0.25, -0.2) is 26.9 Å². The van der Waals surface area contributed by atoms with Crippen LogP contribution in [0.5, 0.6) is 0 Å². The van der Waals surface area contributed by atoms with Crippen LogP contribution in [0.25, 0.3) is 33.5 Å². The van der Waals surface area contributed by atoms with E-state index < -0.39 is 29.8 Å². The number of nitrogens with one attached hydrogen (secondary N) is 3. The van der Waals surface area contributed by atoms with Gasteiger partial charge in [0.05, 0.1) is 23.3 Å². The molecule has 184 valence electrons. The molecule has 3 atom stereocenters. The maximum atomic E-state index is 14.0. The minimum Gasteiger partial charge on any atom is -0.352 e. The Morgan fingerprint density at radius 1 is 1.03 bits per heavy atom. The van der Waals surface area contributed by atoms with Crippen LogP contribution in [-0.4, -0.2) is 51.8 Å². The highest BCUT2D eigenvalue weighted by Crippen LogP contribution is 2.36. The highest BCUT2D eigenvalue weighted by atomic mass is 19.3. The van der Waals surface area contributed by atoms with Crippen LogP contribution >= 0.6 is 0 Å². The SMILES string of the molecule is Fc1ccc2c(c1)nc(-c1[nH]c3cc(F)ccc3c1CC1CC(F)(F)CN1)n2CC1CC(F)CN1. The van der Waals surface area contributed by atoms with Gasteiger partial charge in [0.2, 0.25) is 0 Å². The standard InChI is InChI=1S/C25H24F5N5/c26-13-1-3-18-19(8-16-9-25(29,30)12-32-16)23(33-20(18)6-13)24-34-21-7-14(27)2-4-22(21)35(24)11-17-5-15(28)10-31-17/h1-4,6-7,15-17,31-33H,5,8-12H2. The third kappa shape index (κ3) is 4.18. The monoisotopic (exact) mass is 489 g/mol. The van der Waals surface area contributed by atoms with Gasteiger partial charge in [-0.05, 0) is 48.7 Å². The molecule has 0 amide bonds. The first-order valence-electron chi connectivity index (χ1n) is 11.7. The molecule has 2 aliphatic heterocycles. The molecule has 2 saturated heterocycles. The number of imidazole rings is 1. The molecule has 35 heavy (non-hydrogen) atoms. The van der Waals surface area contributed by atoms with Crippen LogP contribution in [0.2, 0.25) is 0 Å². The van der Waals surface area contributed by atoms with E-state index in [-0.39, 0.29) is 32.0 Å². The minimum absolute atomic E-state index is 0.147. The van der Waals surface area contributed by atoms with Gasteiger partial charge in [0.1, 0.15) is 17.8 Å². The second kappa shape index (κ2) is 8.30. The number of benzene rings is 2. The fourth-order valence-corrected chi connectivity index (χ4v) is 5.43. The lowest BCUT2D eigenvalue weighted by molar-refractivity contribution is 0.0211. The molecule has 2 aromatic heterocycles. The number of hydrogen-bond acceptors (Lipinski definition) is 3. The quantitative estimate of drug-likeness (QED) is 0.356. The zero-order valence-corrected chi connectivity index (χ0v) is 18.7. The lowest BCUT2D eigenvalue weighted by atomic mass is 10.00. The molecule has 6 rings (SSSR count). The Bertz CT molecular complexity index is 1410. The maximum absolute atomic E-state index is 14.0. The van der Waals surface area contributed by atoms with Crippen molar-refractivity contribution in [2.45, 2.75) is 50.0 Å². The molecule has 2 aliphatic rings. The maximum Gasteiger partial charge on any atom is 0.261 e. The molecule has 0 radical (unpaired) electrons. The second-order valence-electron chi connectivity index (χ2n) is 9.63. The minimum atomic E-state index is -2.79. The lowest BCUT2D eigenvalue weighted by Gasteiger charge is -2.16. The summed E-state index contributed by atoms with van der Waals surface area (Å²) in [5.74, 6) is -3.17. The van der Waals surface area contributed by atoms with E-state index in [4.69, 9.17) is 4.98 Å². The molecule has 5 nitrogen and oxygen atoms in total. The average Bonchev–Trinajstić information content (AvgIpc) is 3.54. The summed E-state index contributed by atoms with van der Waals surface area (Å²) in [6, 6.07) is 8.02. The first-order chi connectivity index (χ1) is 16.8. The van der Waals surface area contributed by atoms with Crippen molar-refractivity contribution < 1.29 is 22.0 Å². The highest BCUT2D eigenvalue weighted by Gasteiger charge is 2.40. The van der Waals surface area contributed by atoms with Crippen molar-refractivity contribution in [3.05, 3.63) is 53.6 Å². The first kappa shape index (κ1) is 22.5. The van der Waals surface area contributed by atoms with E-state index in [2.05, 4.69) is 15.6 Å². The molecule has 2 fully saturated rings. The van der Waals surface area contributed by atoms with Gasteiger partial charge in [-0.1, -0.05) is 0 Å². The molecule has 3 unspecified atom stereocenters. The van der Waals surface area contributed by atoms with Crippen molar-refractivity contribution in [1.82, 2.24) is 25.2 Å². The van der Waals surface area contributed by atoms with Gasteiger partial charge in [0.25, 0.3) is 5.92 Å². The Morgan fingerprint density at radius 3 is 2.57 bits per heavy atom. The van der Waals surface area contributed by atoms with Crippen LogP contribution < -0.4 is 10.6 Å². The number of nitrogens with zero attached hydrogens (tertiary/aromatic N) is 2. The Kier molecular flexibility index (Phi) is 5.33. The van der Waals surface area contributed by atoms with Crippen LogP contribution in [0.4, 0.5) is 22.0 Å². The van der Waals surface area contributed by atoms with E-state index in [9.17, 15) is 22.0 Å². The third-order valence-corrected chi connectivity index (χ3v) is 7.02. The van der Waals surface area contributed by atoms with Gasteiger partial charge in [-0.15, -0.1) is 0 Å². The molecule has 3 N–H and O–H groups in total. The Balaban J connectivity index is 1.50. The van der Waals surface area contributed by atoms with E-state index in [0.717, 1.165) is 5.56 Å². The Morgan fingerprint density at radius 2 is 1.83 bits per heavy atom. The normalized spacial score (nSPS) is 24.2. The predicted octanol–water partition coefficient (Wildman–Crippen LogP) is 4.70. The molecule has 4 aromatic rings. The summed E-state index contributed by atoms with van der Waals surface area (Å²) in [7, 11) is 0. The van der Waals surface area contributed by atoms with Crippen molar-refractivity contribution in [3.8, 4) is 11.5 Å². The highest BCUT2D eigenvalue weighted by molar-refractivity contribution is 5.91. The lowest BCUT2D eigenvalue weighted by Crippen LogP contribution is -2.27. The van der Waals surface area contributed by atoms with Gasteiger partial charge < -0.3 is 20.2 Å². The van der Waals surface area contributed by atoms with Crippen LogP contribution in [0.1, 0.15) is 18.4 Å². The zero-order valence-electron chi connectivity index (χ0n) is 18.7. The summed E-state index contributed by atoms with van der Waals surface area (Å²) in [5.41, 5.74) is 2.92. The van der Waals surface area contributed by atoms with Gasteiger partial charge in [0.15, 0.2) is 5.82 Å². The number of H-pyrrole nitrogens is 1. The third-order valence-electron chi connectivity index (χ3n) is 7.02. The number of fused-ring (bicyclic) bond motifs is 2. The number of rotatable bonds is 5. The smallest absolute Gasteiger partial charge is 0.261 e. The summed E-state index contributed by atoms with van der Waals surface area (Å²) in [5, 5.41) is 6.76. The molecule has 2 aromatic carbocycles. The Labute approximate surface area is 197 Å². The van der Waals surface area contributed by atoms with Crippen LogP contribution in [-0.2, 0) is 13.0 Å². The summed E-state index contributed by atoms with van der Waals surface area (Å²) in [6.07, 6.45) is -0.627. The second-order valence-corrected chi connectivity index (χ2v) is 9.63. The molecular weight excluding hydrogens is 465 g/mol. The molecule has 10 heteroatoms. The average molecular weight is 489 g/mol. The van der Waals surface area contributed by atoms with E-state index in [1.165, 1.54) is 24.3 Å². The van der Waals surface area contributed by atoms with Crippen molar-refractivity contribution in [1.29, 1.82) is 0 Å². The molecule has 0 bridgehead atoms. The van der Waals surface area contributed by atoms with Crippen molar-refractivity contribution in [3.63, 3.8) is 0 Å². The van der Waals surface area contributed by atoms with Gasteiger partial charge >= 0.3 is 0 Å². The number of hydrogen-bond donors (Lipinski definition) is 3. The molecular formula is C25H24F5N5. The number of aromatic amines is 1.